The van der Waals surface area contributed by atoms with Gasteiger partial charge in [0.2, 0.25) is 9.52 Å². The van der Waals surface area contributed by atoms with Crippen molar-refractivity contribution in [3.05, 3.63) is 35.0 Å². The van der Waals surface area contributed by atoms with Gasteiger partial charge in [-0.25, -0.2) is 0 Å². The largest absolute Gasteiger partial charge is 0.454 e. The predicted octanol–water partition coefficient (Wildman–Crippen LogP) is 4.21. The maximum absolute atomic E-state index is 12.9. The molecule has 1 aromatic rings. The van der Waals surface area contributed by atoms with Crippen LogP contribution in [0.4, 0.5) is 24.5 Å². The summed E-state index contributed by atoms with van der Waals surface area (Å²) in [4.78, 5) is 11.7. The summed E-state index contributed by atoms with van der Waals surface area (Å²) in [5.41, 5.74) is -1.96. The van der Waals surface area contributed by atoms with Gasteiger partial charge in [0.1, 0.15) is 0 Å². The second-order valence-corrected chi connectivity index (χ2v) is 7.63. The Morgan fingerprint density at radius 1 is 1.12 bits per heavy atom. The van der Waals surface area contributed by atoms with Crippen LogP contribution >= 0.6 is 34.8 Å². The molecule has 0 aromatic heterocycles. The minimum atomic E-state index is -5.26. The molecule has 0 fully saturated rings. The molecule has 0 spiro atoms. The zero-order valence-electron chi connectivity index (χ0n) is 12.4. The van der Waals surface area contributed by atoms with Crippen LogP contribution in [0.15, 0.2) is 23.9 Å². The summed E-state index contributed by atoms with van der Waals surface area (Å²) in [7, 11) is 0. The molecule has 0 radical (unpaired) electrons. The molecular formula is C14H12Cl3F3N2O2. The molecule has 2 rings (SSSR count). The zero-order chi connectivity index (χ0) is 18.5. The number of hydrogen-bond acceptors (Lipinski definition) is 4. The van der Waals surface area contributed by atoms with E-state index in [2.05, 4.69) is 10.6 Å². The van der Waals surface area contributed by atoms with Crippen LogP contribution in [-0.2, 0) is 4.79 Å². The molecule has 10 heteroatoms. The molecule has 4 nitrogen and oxygen atoms in total. The molecule has 1 heterocycles. The van der Waals surface area contributed by atoms with E-state index in [1.807, 2.05) is 0 Å². The van der Waals surface area contributed by atoms with Gasteiger partial charge in [-0.15, -0.1) is 0 Å². The molecule has 0 saturated heterocycles. The summed E-state index contributed by atoms with van der Waals surface area (Å²) >= 11 is 17.0. The third-order valence-electron chi connectivity index (χ3n) is 3.62. The molecular weight excluding hydrogens is 392 g/mol. The molecule has 1 atom stereocenters. The normalized spacial score (nSPS) is 21.1. The fourth-order valence-electron chi connectivity index (χ4n) is 2.16. The van der Waals surface area contributed by atoms with E-state index in [9.17, 15) is 23.1 Å². The number of benzene rings is 1. The summed E-state index contributed by atoms with van der Waals surface area (Å²) in [5.74, 6) is -2.34. The molecule has 3 N–H and O–H groups in total. The molecule has 24 heavy (non-hydrogen) atoms. The van der Waals surface area contributed by atoms with Gasteiger partial charge in [0.25, 0.3) is 5.78 Å². The van der Waals surface area contributed by atoms with Crippen molar-refractivity contribution in [2.75, 3.05) is 10.6 Å². The first-order valence-electron chi connectivity index (χ1n) is 6.54. The maximum Gasteiger partial charge on any atom is 0.454 e. The zero-order valence-corrected chi connectivity index (χ0v) is 14.6. The van der Waals surface area contributed by atoms with E-state index >= 15 is 0 Å². The smallest absolute Gasteiger partial charge is 0.363 e. The Morgan fingerprint density at radius 3 is 2.08 bits per heavy atom. The van der Waals surface area contributed by atoms with Crippen molar-refractivity contribution < 1.29 is 23.1 Å². The fourth-order valence-corrected chi connectivity index (χ4v) is 2.61. The van der Waals surface area contributed by atoms with Crippen LogP contribution in [0.1, 0.15) is 11.1 Å². The number of halogens is 6. The minimum absolute atomic E-state index is 0.174. The molecule has 0 aliphatic carbocycles. The van der Waals surface area contributed by atoms with Crippen molar-refractivity contribution in [3.63, 3.8) is 0 Å². The Kier molecular flexibility index (Phi) is 4.78. The first-order valence-corrected chi connectivity index (χ1v) is 7.68. The summed E-state index contributed by atoms with van der Waals surface area (Å²) in [6, 6.07) is 3.17. The van der Waals surface area contributed by atoms with Crippen molar-refractivity contribution >= 4 is 52.0 Å². The van der Waals surface area contributed by atoms with Crippen LogP contribution in [0.5, 0.6) is 0 Å². The third kappa shape index (κ3) is 3.31. The summed E-state index contributed by atoms with van der Waals surface area (Å²) in [6.45, 7) is 3.54. The SMILES string of the molecule is Cc1cc2c(cc1C)NC(O)(C(Cl)(Cl)Cl)C(C(=O)C(F)(F)F)=CN2. The topological polar surface area (TPSA) is 61.4 Å². The van der Waals surface area contributed by atoms with Crippen LogP contribution in [0.2, 0.25) is 0 Å². The lowest BCUT2D eigenvalue weighted by Crippen LogP contribution is -2.55. The van der Waals surface area contributed by atoms with Crippen molar-refractivity contribution in [2.45, 2.75) is 29.5 Å². The average Bonchev–Trinajstić information content (AvgIpc) is 2.54. The first kappa shape index (κ1) is 19.2. The number of alkyl halides is 6. The van der Waals surface area contributed by atoms with Crippen LogP contribution in [-0.4, -0.2) is 26.6 Å². The Balaban J connectivity index is 2.66. The standard InChI is InChI=1S/C14H12Cl3F3N2O2/c1-6-3-9-10(4-7(6)2)22-12(24,14(15,16)17)8(5-21-9)11(23)13(18,19)20/h3-5,21-22,24H,1-2H3. The number of carbonyl (C=O) groups is 1. The third-order valence-corrected chi connectivity index (χ3v) is 4.44. The van der Waals surface area contributed by atoms with E-state index in [1.165, 1.54) is 0 Å². The van der Waals surface area contributed by atoms with Crippen LogP contribution in [0.3, 0.4) is 0 Å². The number of anilines is 2. The van der Waals surface area contributed by atoms with E-state index in [-0.39, 0.29) is 5.69 Å². The van der Waals surface area contributed by atoms with Crippen molar-refractivity contribution in [1.29, 1.82) is 0 Å². The molecule has 0 saturated carbocycles. The second kappa shape index (κ2) is 5.98. The van der Waals surface area contributed by atoms with E-state index in [1.54, 1.807) is 26.0 Å². The highest BCUT2D eigenvalue weighted by atomic mass is 35.6. The molecule has 132 valence electrons. The van der Waals surface area contributed by atoms with Gasteiger partial charge in [0.05, 0.1) is 16.9 Å². The Labute approximate surface area is 150 Å². The number of ketones is 1. The summed E-state index contributed by atoms with van der Waals surface area (Å²) in [6.07, 6.45) is -4.58. The highest BCUT2D eigenvalue weighted by Crippen LogP contribution is 2.47. The van der Waals surface area contributed by atoms with Crippen molar-refractivity contribution in [3.8, 4) is 0 Å². The molecule has 0 amide bonds. The first-order chi connectivity index (χ1) is 10.8. The van der Waals surface area contributed by atoms with Gasteiger partial charge in [-0.3, -0.25) is 4.79 Å². The van der Waals surface area contributed by atoms with Gasteiger partial charge >= 0.3 is 6.18 Å². The molecule has 1 aliphatic rings. The van der Waals surface area contributed by atoms with E-state index in [0.29, 0.717) is 11.9 Å². The van der Waals surface area contributed by atoms with E-state index < -0.39 is 27.1 Å². The molecule has 0 bridgehead atoms. The van der Waals surface area contributed by atoms with Gasteiger partial charge in [-0.05, 0) is 37.1 Å². The van der Waals surface area contributed by atoms with Gasteiger partial charge in [0, 0.05) is 6.20 Å². The number of aryl methyl sites for hydroxylation is 2. The number of Topliss-reactive ketones (excluding diaryl/α,β-unsaturated/α-hetero) is 1. The van der Waals surface area contributed by atoms with Crippen LogP contribution in [0.25, 0.3) is 0 Å². The predicted molar refractivity (Wildman–Crippen MR) is 87.5 cm³/mol. The van der Waals surface area contributed by atoms with Gasteiger partial charge in [-0.1, -0.05) is 34.8 Å². The number of hydrogen-bond donors (Lipinski definition) is 3. The monoisotopic (exact) mass is 402 g/mol. The Bertz CT molecular complexity index is 729. The average molecular weight is 404 g/mol. The summed E-state index contributed by atoms with van der Waals surface area (Å²) in [5, 5.41) is 15.5. The Hall–Kier alpha value is -1.15. The highest BCUT2D eigenvalue weighted by molar-refractivity contribution is 6.69. The maximum atomic E-state index is 12.9. The number of rotatable bonds is 1. The lowest BCUT2D eigenvalue weighted by molar-refractivity contribution is -0.168. The highest BCUT2D eigenvalue weighted by Gasteiger charge is 2.58. The lowest BCUT2D eigenvalue weighted by Gasteiger charge is -2.36. The fraction of sp³-hybridized carbons (Fsp3) is 0.357. The summed E-state index contributed by atoms with van der Waals surface area (Å²) < 4.78 is 35.9. The van der Waals surface area contributed by atoms with Gasteiger partial charge < -0.3 is 15.7 Å². The van der Waals surface area contributed by atoms with Crippen molar-refractivity contribution in [1.82, 2.24) is 0 Å². The van der Waals surface area contributed by atoms with E-state index in [4.69, 9.17) is 34.8 Å². The van der Waals surface area contributed by atoms with Crippen LogP contribution in [0, 0.1) is 13.8 Å². The molecule has 1 aliphatic heterocycles. The van der Waals surface area contributed by atoms with E-state index in [0.717, 1.165) is 11.1 Å². The van der Waals surface area contributed by atoms with Crippen LogP contribution < -0.4 is 10.6 Å². The molecule has 1 aromatic carbocycles. The number of fused-ring (bicyclic) bond motifs is 1. The quantitative estimate of drug-likeness (QED) is 0.615. The van der Waals surface area contributed by atoms with Crippen molar-refractivity contribution in [2.24, 2.45) is 0 Å². The Morgan fingerprint density at radius 2 is 1.62 bits per heavy atom. The number of nitrogens with one attached hydrogen (secondary N) is 2. The van der Waals surface area contributed by atoms with Gasteiger partial charge in [0.15, 0.2) is 0 Å². The minimum Gasteiger partial charge on any atom is -0.363 e. The second-order valence-electron chi connectivity index (χ2n) is 5.34. The lowest BCUT2D eigenvalue weighted by atomic mass is 10.00. The number of carbonyl (C=O) groups excluding carboxylic acids is 1. The number of aliphatic hydroxyl groups is 1. The molecule has 1 unspecified atom stereocenters. The van der Waals surface area contributed by atoms with Gasteiger partial charge in [-0.2, -0.15) is 13.2 Å².